The summed E-state index contributed by atoms with van der Waals surface area (Å²) in [5.74, 6) is -0.600. The number of ether oxygens (including phenoxy) is 2. The first-order valence-electron chi connectivity index (χ1n) is 23.9. The molecular formula is C62H84O6. The third-order valence-electron chi connectivity index (χ3n) is 9.88. The lowest BCUT2D eigenvalue weighted by molar-refractivity contribution is -0.138. The summed E-state index contributed by atoms with van der Waals surface area (Å²) in [6, 6.07) is 33.1. The van der Waals surface area contributed by atoms with Crippen LogP contribution < -0.4 is 0 Å². The van der Waals surface area contributed by atoms with Gasteiger partial charge >= 0.3 is 11.9 Å². The van der Waals surface area contributed by atoms with E-state index in [1.165, 1.54) is 95.7 Å². The summed E-state index contributed by atoms with van der Waals surface area (Å²) in [5, 5.41) is 0. The Hall–Kier alpha value is -6.40. The molecule has 4 aromatic rings. The van der Waals surface area contributed by atoms with E-state index in [0.717, 1.165) is 56.7 Å². The molecule has 0 fully saturated rings. The fourth-order valence-electron chi connectivity index (χ4n) is 6.62. The van der Waals surface area contributed by atoms with Gasteiger partial charge in [0.25, 0.3) is 0 Å². The van der Waals surface area contributed by atoms with Gasteiger partial charge in [-0.1, -0.05) is 227 Å². The molecule has 0 radical (unpaired) electrons. The van der Waals surface area contributed by atoms with Crippen LogP contribution in [0.3, 0.4) is 0 Å². The highest BCUT2D eigenvalue weighted by molar-refractivity contribution is 5.83. The van der Waals surface area contributed by atoms with Crippen molar-refractivity contribution in [1.29, 1.82) is 0 Å². The van der Waals surface area contributed by atoms with E-state index >= 15 is 0 Å². The van der Waals surface area contributed by atoms with E-state index in [9.17, 15) is 19.2 Å². The lowest BCUT2D eigenvalue weighted by Gasteiger charge is -2.05. The molecule has 6 heteroatoms. The third kappa shape index (κ3) is 30.7. The number of carbonyl (C=O) groups is 4. The number of unbranched alkanes of at least 4 members (excludes halogenated alkanes) is 4. The van der Waals surface area contributed by atoms with E-state index in [4.69, 9.17) is 9.47 Å². The van der Waals surface area contributed by atoms with E-state index in [2.05, 4.69) is 88.4 Å². The Kier molecular flexibility index (Phi) is 41.6. The van der Waals surface area contributed by atoms with Gasteiger partial charge in [0.05, 0.1) is 13.2 Å². The zero-order valence-electron chi connectivity index (χ0n) is 40.7. The van der Waals surface area contributed by atoms with Gasteiger partial charge in [0.1, 0.15) is 12.6 Å². The van der Waals surface area contributed by atoms with Crippen LogP contribution >= 0.6 is 0 Å². The Morgan fingerprint density at radius 1 is 0.382 bits per heavy atom. The maximum absolute atomic E-state index is 11.2. The maximum Gasteiger partial charge on any atom is 0.330 e. The minimum atomic E-state index is -0.302. The second-order valence-corrected chi connectivity index (χ2v) is 15.1. The van der Waals surface area contributed by atoms with Gasteiger partial charge in [-0.05, 0) is 109 Å². The van der Waals surface area contributed by atoms with Crippen molar-refractivity contribution >= 4 is 48.8 Å². The third-order valence-corrected chi connectivity index (χ3v) is 9.88. The van der Waals surface area contributed by atoms with Gasteiger partial charge in [-0.3, -0.25) is 9.59 Å². The lowest BCUT2D eigenvalue weighted by Crippen LogP contribution is -1.98. The minimum absolute atomic E-state index is 0. The van der Waals surface area contributed by atoms with Gasteiger partial charge < -0.3 is 9.47 Å². The van der Waals surface area contributed by atoms with Gasteiger partial charge in [-0.2, -0.15) is 0 Å². The number of allylic oxidation sites excluding steroid dienone is 6. The summed E-state index contributed by atoms with van der Waals surface area (Å²) in [7, 11) is 0. The maximum atomic E-state index is 11.2. The number of hydrogen-bond acceptors (Lipinski definition) is 6. The van der Waals surface area contributed by atoms with Gasteiger partial charge in [0.2, 0.25) is 0 Å². The van der Waals surface area contributed by atoms with Crippen LogP contribution in [0.15, 0.2) is 146 Å². The molecule has 0 aliphatic heterocycles. The zero-order chi connectivity index (χ0) is 48.3. The largest absolute Gasteiger partial charge is 0.463 e. The molecule has 0 heterocycles. The number of hydrogen-bond donors (Lipinski definition) is 0. The predicted molar refractivity (Wildman–Crippen MR) is 293 cm³/mol. The Labute approximate surface area is 412 Å². The quantitative estimate of drug-likeness (QED) is 0.0229. The first kappa shape index (κ1) is 63.7. The van der Waals surface area contributed by atoms with Crippen LogP contribution in [0.25, 0.3) is 24.3 Å². The average Bonchev–Trinajstić information content (AvgIpc) is 3.33. The van der Waals surface area contributed by atoms with Crippen molar-refractivity contribution in [2.45, 2.75) is 133 Å². The monoisotopic (exact) mass is 925 g/mol. The second-order valence-electron chi connectivity index (χ2n) is 15.1. The average molecular weight is 925 g/mol. The zero-order valence-corrected chi connectivity index (χ0v) is 40.7. The highest BCUT2D eigenvalue weighted by atomic mass is 16.5. The molecule has 4 rings (SSSR count). The van der Waals surface area contributed by atoms with Gasteiger partial charge in [0.15, 0.2) is 0 Å². The molecule has 0 saturated carbocycles. The van der Waals surface area contributed by atoms with Crippen LogP contribution in [-0.2, 0) is 54.3 Å². The minimum Gasteiger partial charge on any atom is -0.463 e. The Morgan fingerprint density at radius 3 is 0.956 bits per heavy atom. The number of benzene rings is 4. The Balaban J connectivity index is 0. The smallest absolute Gasteiger partial charge is 0.330 e. The SMILES string of the molecule is C.C.CCCCCc1ccccc1/C=C/C=C/C(=O)OCC.CCCCCc1ccccc1/C=C/C=O.CCCc1ccccc1/C=C/C=C/C(=O)OCC.CCCc1ccccc1/C=C/C=O. The van der Waals surface area contributed by atoms with Gasteiger partial charge in [-0.25, -0.2) is 9.59 Å². The van der Waals surface area contributed by atoms with E-state index in [1.54, 1.807) is 32.1 Å². The van der Waals surface area contributed by atoms with Crippen LogP contribution in [-0.4, -0.2) is 37.7 Å². The number of esters is 2. The summed E-state index contributed by atoms with van der Waals surface area (Å²) in [6.07, 6.45) is 36.6. The molecule has 0 N–H and O–H groups in total. The fourth-order valence-corrected chi connectivity index (χ4v) is 6.62. The van der Waals surface area contributed by atoms with E-state index in [1.807, 2.05) is 72.9 Å². The number of rotatable bonds is 24. The second kappa shape index (κ2) is 44.4. The number of aryl methyl sites for hydroxylation is 4. The molecule has 368 valence electrons. The van der Waals surface area contributed by atoms with Crippen molar-refractivity contribution in [1.82, 2.24) is 0 Å². The first-order valence-corrected chi connectivity index (χ1v) is 23.9. The van der Waals surface area contributed by atoms with Crippen molar-refractivity contribution in [3.8, 4) is 0 Å². The molecule has 68 heavy (non-hydrogen) atoms. The molecule has 0 amide bonds. The first-order chi connectivity index (χ1) is 32.3. The van der Waals surface area contributed by atoms with E-state index < -0.39 is 0 Å². The standard InChI is InChI=1S/C18H24O2.C16H20O2.C14H18O.C12H14O.2CH4/c1-3-5-6-11-16-12-7-8-13-17(16)14-9-10-15-18(19)20-4-2;1-3-9-14-10-5-6-11-15(14)12-7-8-13-16(17)18-4-2;1-2-3-4-8-13-9-5-6-10-14(13)11-7-12-15;1-2-6-11-7-3-4-8-12(11)9-5-10-13;;/h7-10,12-15H,3-6,11H2,1-2H3;5-8,10-13H,3-4,9H2,1-2H3;5-7,9-12H,2-4,8H2,1H3;3-5,7-10H,2,6H2,1H3;2*1H4/b14-9+,15-10+;12-7+,13-8+;11-7+;9-5+;;. The Morgan fingerprint density at radius 2 is 0.676 bits per heavy atom. The molecule has 0 aliphatic carbocycles. The van der Waals surface area contributed by atoms with Crippen LogP contribution in [0.1, 0.15) is 152 Å². The van der Waals surface area contributed by atoms with Crippen molar-refractivity contribution < 1.29 is 28.7 Å². The molecule has 0 aliphatic rings. The van der Waals surface area contributed by atoms with Crippen molar-refractivity contribution in [3.05, 3.63) is 190 Å². The van der Waals surface area contributed by atoms with Crippen LogP contribution in [0.4, 0.5) is 0 Å². The van der Waals surface area contributed by atoms with Crippen LogP contribution in [0.5, 0.6) is 0 Å². The summed E-state index contributed by atoms with van der Waals surface area (Å²) in [5.41, 5.74) is 10.1. The molecule has 6 nitrogen and oxygen atoms in total. The van der Waals surface area contributed by atoms with Gasteiger partial charge in [0, 0.05) is 12.2 Å². The highest BCUT2D eigenvalue weighted by Gasteiger charge is 2.00. The molecule has 0 saturated heterocycles. The van der Waals surface area contributed by atoms with E-state index in [-0.39, 0.29) is 26.8 Å². The topological polar surface area (TPSA) is 86.7 Å². The van der Waals surface area contributed by atoms with Crippen LogP contribution in [0.2, 0.25) is 0 Å². The van der Waals surface area contributed by atoms with Crippen LogP contribution in [0, 0.1) is 0 Å². The van der Waals surface area contributed by atoms with E-state index in [0.29, 0.717) is 13.2 Å². The fraction of sp³-hybridized carbons (Fsp3) is 0.355. The molecule has 0 bridgehead atoms. The van der Waals surface area contributed by atoms with Crippen molar-refractivity contribution in [2.75, 3.05) is 13.2 Å². The number of carbonyl (C=O) groups excluding carboxylic acids is 4. The molecule has 4 aromatic carbocycles. The van der Waals surface area contributed by atoms with Crippen molar-refractivity contribution in [3.63, 3.8) is 0 Å². The highest BCUT2D eigenvalue weighted by Crippen LogP contribution is 2.17. The summed E-state index contributed by atoms with van der Waals surface area (Å²) in [6.45, 7) is 13.2. The number of aldehydes is 2. The van der Waals surface area contributed by atoms with Crippen molar-refractivity contribution in [2.24, 2.45) is 0 Å². The molecule has 0 unspecified atom stereocenters. The molecule has 0 spiro atoms. The summed E-state index contributed by atoms with van der Waals surface area (Å²) >= 11 is 0. The molecule has 0 aromatic heterocycles. The predicted octanol–water partition coefficient (Wildman–Crippen LogP) is 16.1. The Bertz CT molecular complexity index is 2110. The molecular weight excluding hydrogens is 841 g/mol. The lowest BCUT2D eigenvalue weighted by atomic mass is 10.0. The summed E-state index contributed by atoms with van der Waals surface area (Å²) < 4.78 is 9.62. The summed E-state index contributed by atoms with van der Waals surface area (Å²) in [4.78, 5) is 42.7. The molecule has 0 atom stereocenters. The van der Waals surface area contributed by atoms with Gasteiger partial charge in [-0.15, -0.1) is 0 Å². The normalized spacial score (nSPS) is 10.7.